The monoisotopic (exact) mass is 499 g/mol. The lowest BCUT2D eigenvalue weighted by Gasteiger charge is -2.25. The fourth-order valence-electron chi connectivity index (χ4n) is 3.38. The summed E-state index contributed by atoms with van der Waals surface area (Å²) < 4.78 is 38.9. The van der Waals surface area contributed by atoms with Crippen molar-refractivity contribution in [2.24, 2.45) is 5.92 Å². The number of ether oxygens (including phenoxy) is 1. The van der Waals surface area contributed by atoms with Gasteiger partial charge in [-0.15, -0.1) is 0 Å². The molecular formula is C19H19Cl2N5O5S. The van der Waals surface area contributed by atoms with E-state index in [4.69, 9.17) is 27.9 Å². The van der Waals surface area contributed by atoms with Crippen LogP contribution in [-0.2, 0) is 14.8 Å². The molecule has 0 amide bonds. The lowest BCUT2D eigenvalue weighted by molar-refractivity contribution is 0.0322. The molecule has 2 unspecified atom stereocenters. The van der Waals surface area contributed by atoms with Crippen LogP contribution >= 0.6 is 23.2 Å². The Kier molecular flexibility index (Phi) is 6.93. The third-order valence-electron chi connectivity index (χ3n) is 4.96. The minimum atomic E-state index is -3.91. The lowest BCUT2D eigenvalue weighted by Crippen LogP contribution is -2.36. The number of pyridine rings is 1. The van der Waals surface area contributed by atoms with Crippen LogP contribution in [0.3, 0.4) is 0 Å². The van der Waals surface area contributed by atoms with E-state index in [0.29, 0.717) is 35.3 Å². The van der Waals surface area contributed by atoms with Gasteiger partial charge in [0.25, 0.3) is 0 Å². The Morgan fingerprint density at radius 2 is 2.03 bits per heavy atom. The van der Waals surface area contributed by atoms with Gasteiger partial charge in [0.05, 0.1) is 22.8 Å². The number of rotatable bonds is 6. The van der Waals surface area contributed by atoms with Gasteiger partial charge in [0.15, 0.2) is 5.82 Å². The number of aromatic amines is 1. The molecule has 2 atom stereocenters. The molecule has 1 aliphatic heterocycles. The van der Waals surface area contributed by atoms with Gasteiger partial charge in [-0.25, -0.2) is 17.9 Å². The molecule has 0 saturated carbocycles. The summed E-state index contributed by atoms with van der Waals surface area (Å²) in [6, 6.07) is 6.58. The number of nitrogens with one attached hydrogen (secondary N) is 3. The lowest BCUT2D eigenvalue weighted by atomic mass is 9.95. The molecule has 0 spiro atoms. The Bertz CT molecular complexity index is 1260. The van der Waals surface area contributed by atoms with Crippen LogP contribution in [0.25, 0.3) is 11.4 Å². The van der Waals surface area contributed by atoms with Crippen molar-refractivity contribution in [1.82, 2.24) is 25.2 Å². The summed E-state index contributed by atoms with van der Waals surface area (Å²) in [6.07, 6.45) is 2.20. The summed E-state index contributed by atoms with van der Waals surface area (Å²) in [5, 5.41) is 7.63. The number of nitrogens with zero attached hydrogens (tertiary/aromatic N) is 2. The highest BCUT2D eigenvalue weighted by atomic mass is 35.5. The summed E-state index contributed by atoms with van der Waals surface area (Å²) in [5.41, 5.74) is 1.11. The predicted octanol–water partition coefficient (Wildman–Crippen LogP) is 1.99. The van der Waals surface area contributed by atoms with E-state index >= 15 is 0 Å². The van der Waals surface area contributed by atoms with Gasteiger partial charge in [-0.05, 0) is 23.8 Å². The van der Waals surface area contributed by atoms with Crippen LogP contribution in [0, 0.1) is 5.92 Å². The quantitative estimate of drug-likeness (QED) is 0.467. The predicted molar refractivity (Wildman–Crippen MR) is 117 cm³/mol. The van der Waals surface area contributed by atoms with Crippen LogP contribution in [-0.4, -0.2) is 49.8 Å². The molecule has 1 fully saturated rings. The van der Waals surface area contributed by atoms with Crippen molar-refractivity contribution < 1.29 is 17.7 Å². The van der Waals surface area contributed by atoms with Crippen LogP contribution in [0.1, 0.15) is 11.7 Å². The Balaban J connectivity index is 1.53. The highest BCUT2D eigenvalue weighted by Crippen LogP contribution is 2.32. The summed E-state index contributed by atoms with van der Waals surface area (Å²) in [5.74, 6) is -0.881. The van der Waals surface area contributed by atoms with Crippen molar-refractivity contribution in [2.75, 3.05) is 26.2 Å². The maximum Gasteiger partial charge on any atom is 0.439 e. The van der Waals surface area contributed by atoms with Gasteiger partial charge < -0.3 is 10.1 Å². The van der Waals surface area contributed by atoms with Crippen molar-refractivity contribution in [2.45, 2.75) is 11.0 Å². The molecular weight excluding hydrogens is 481 g/mol. The summed E-state index contributed by atoms with van der Waals surface area (Å²) in [6.45, 7) is 1.75. The number of H-pyrrole nitrogens is 1. The fourth-order valence-corrected chi connectivity index (χ4v) is 4.76. The van der Waals surface area contributed by atoms with Crippen molar-refractivity contribution in [1.29, 1.82) is 0 Å². The Labute approximate surface area is 193 Å². The van der Waals surface area contributed by atoms with E-state index in [1.54, 1.807) is 12.1 Å². The molecule has 3 aromatic rings. The largest absolute Gasteiger partial charge is 0.439 e. The minimum Gasteiger partial charge on any atom is -0.372 e. The van der Waals surface area contributed by atoms with Crippen LogP contribution in [0.15, 0.2) is 50.9 Å². The van der Waals surface area contributed by atoms with Crippen LogP contribution in [0.4, 0.5) is 0 Å². The maximum absolute atomic E-state index is 12.9. The standard InChI is InChI=1S/C19H19Cl2N5O5S/c20-15-2-1-11(6-16(15)21)17-13(8-22-3-4-30-17)9-24-32(28,29)14-5-12(7-23-10-14)18-25-19(27)31-26-18/h1-2,5-7,10,13,17,22,24H,3-4,8-9H2,(H,25,26,27). The van der Waals surface area contributed by atoms with Crippen molar-refractivity contribution in [3.8, 4) is 11.4 Å². The van der Waals surface area contributed by atoms with Crippen LogP contribution in [0.5, 0.6) is 0 Å². The van der Waals surface area contributed by atoms with Gasteiger partial charge >= 0.3 is 5.76 Å². The number of hydrogen-bond acceptors (Lipinski definition) is 8. The number of halogens is 2. The van der Waals surface area contributed by atoms with E-state index in [-0.39, 0.29) is 29.3 Å². The third-order valence-corrected chi connectivity index (χ3v) is 7.09. The average molecular weight is 500 g/mol. The smallest absolute Gasteiger partial charge is 0.372 e. The molecule has 4 rings (SSSR count). The zero-order valence-electron chi connectivity index (χ0n) is 16.5. The van der Waals surface area contributed by atoms with Crippen LogP contribution in [0.2, 0.25) is 10.0 Å². The molecule has 1 saturated heterocycles. The van der Waals surface area contributed by atoms with Gasteiger partial charge in [0.1, 0.15) is 4.90 Å². The topological polar surface area (TPSA) is 139 Å². The Hall–Kier alpha value is -2.28. The molecule has 0 bridgehead atoms. The highest BCUT2D eigenvalue weighted by molar-refractivity contribution is 7.89. The third kappa shape index (κ3) is 5.20. The Morgan fingerprint density at radius 3 is 2.78 bits per heavy atom. The second kappa shape index (κ2) is 9.69. The first-order chi connectivity index (χ1) is 15.3. The van der Waals surface area contributed by atoms with Crippen molar-refractivity contribution in [3.05, 3.63) is 62.8 Å². The van der Waals surface area contributed by atoms with E-state index in [1.807, 2.05) is 6.07 Å². The number of hydrogen-bond donors (Lipinski definition) is 3. The molecule has 0 aliphatic carbocycles. The molecule has 3 N–H and O–H groups in total. The van der Waals surface area contributed by atoms with E-state index in [2.05, 4.69) is 29.7 Å². The second-order valence-corrected chi connectivity index (χ2v) is 9.72. The second-order valence-electron chi connectivity index (χ2n) is 7.13. The first-order valence-corrected chi connectivity index (χ1v) is 11.9. The fraction of sp³-hybridized carbons (Fsp3) is 0.316. The first-order valence-electron chi connectivity index (χ1n) is 9.62. The van der Waals surface area contributed by atoms with Crippen molar-refractivity contribution in [3.63, 3.8) is 0 Å². The van der Waals surface area contributed by atoms with E-state index in [0.717, 1.165) is 5.56 Å². The molecule has 13 heteroatoms. The normalized spacial score (nSPS) is 19.6. The van der Waals surface area contributed by atoms with Crippen LogP contribution < -0.4 is 15.8 Å². The molecule has 1 aromatic carbocycles. The van der Waals surface area contributed by atoms with Gasteiger partial charge in [-0.1, -0.05) is 34.4 Å². The molecule has 32 heavy (non-hydrogen) atoms. The number of aromatic nitrogens is 3. The van der Waals surface area contributed by atoms with Gasteiger partial charge in [-0.3, -0.25) is 14.5 Å². The van der Waals surface area contributed by atoms with Gasteiger partial charge in [-0.2, -0.15) is 0 Å². The van der Waals surface area contributed by atoms with E-state index in [1.165, 1.54) is 18.5 Å². The number of sulfonamides is 1. The molecule has 10 nitrogen and oxygen atoms in total. The summed E-state index contributed by atoms with van der Waals surface area (Å²) in [7, 11) is -3.91. The first kappa shape index (κ1) is 22.9. The summed E-state index contributed by atoms with van der Waals surface area (Å²) in [4.78, 5) is 17.4. The van der Waals surface area contributed by atoms with E-state index < -0.39 is 15.8 Å². The highest BCUT2D eigenvalue weighted by Gasteiger charge is 2.28. The summed E-state index contributed by atoms with van der Waals surface area (Å²) >= 11 is 12.2. The van der Waals surface area contributed by atoms with Crippen molar-refractivity contribution >= 4 is 33.2 Å². The zero-order valence-corrected chi connectivity index (χ0v) is 18.9. The Morgan fingerprint density at radius 1 is 1.19 bits per heavy atom. The molecule has 1 aliphatic rings. The maximum atomic E-state index is 12.9. The molecule has 170 valence electrons. The molecule has 2 aromatic heterocycles. The van der Waals surface area contributed by atoms with Gasteiger partial charge in [0.2, 0.25) is 10.0 Å². The number of benzene rings is 1. The average Bonchev–Trinajstić information content (AvgIpc) is 3.08. The van der Waals surface area contributed by atoms with E-state index in [9.17, 15) is 13.2 Å². The SMILES string of the molecule is O=c1[nH]c(-c2cncc(S(=O)(=O)NCC3CNCCOC3c3ccc(Cl)c(Cl)c3)c2)no1. The molecule has 3 heterocycles. The van der Waals surface area contributed by atoms with Gasteiger partial charge in [0, 0.05) is 43.5 Å². The minimum absolute atomic E-state index is 0.0764. The zero-order chi connectivity index (χ0) is 22.7. The molecule has 0 radical (unpaired) electrons.